The van der Waals surface area contributed by atoms with Gasteiger partial charge in [0, 0.05) is 13.2 Å². The van der Waals surface area contributed by atoms with Crippen LogP contribution in [0.25, 0.3) is 0 Å². The number of nitrogens with one attached hydrogen (secondary N) is 2. The average Bonchev–Trinajstić information content (AvgIpc) is 2.52. The molecule has 20 heavy (non-hydrogen) atoms. The van der Waals surface area contributed by atoms with Crippen LogP contribution in [0.15, 0.2) is 24.3 Å². The van der Waals surface area contributed by atoms with E-state index in [0.717, 1.165) is 30.5 Å². The molecule has 4 nitrogen and oxygen atoms in total. The van der Waals surface area contributed by atoms with E-state index in [-0.39, 0.29) is 11.9 Å². The molecule has 4 heteroatoms. The molecule has 1 amide bonds. The number of hydrogen-bond acceptors (Lipinski definition) is 3. The number of ether oxygens (including phenoxy) is 1. The minimum Gasteiger partial charge on any atom is -0.377 e. The van der Waals surface area contributed by atoms with Crippen molar-refractivity contribution in [1.82, 2.24) is 10.6 Å². The van der Waals surface area contributed by atoms with E-state index in [1.54, 1.807) is 0 Å². The van der Waals surface area contributed by atoms with Gasteiger partial charge < -0.3 is 15.4 Å². The van der Waals surface area contributed by atoms with Crippen LogP contribution in [0, 0.1) is 0 Å². The number of carbonyl (C=O) groups is 1. The number of amides is 1. The number of piperidine rings is 1. The van der Waals surface area contributed by atoms with Crippen molar-refractivity contribution in [2.75, 3.05) is 13.2 Å². The zero-order valence-electron chi connectivity index (χ0n) is 12.2. The summed E-state index contributed by atoms with van der Waals surface area (Å²) in [4.78, 5) is 12.1. The maximum atomic E-state index is 12.1. The van der Waals surface area contributed by atoms with E-state index >= 15 is 0 Å². The molecule has 1 aromatic carbocycles. The van der Waals surface area contributed by atoms with Gasteiger partial charge >= 0.3 is 0 Å². The molecular formula is C16H24N2O2. The quantitative estimate of drug-likeness (QED) is 0.835. The predicted molar refractivity (Wildman–Crippen MR) is 79.3 cm³/mol. The van der Waals surface area contributed by atoms with Gasteiger partial charge in [-0.3, -0.25) is 4.79 Å². The van der Waals surface area contributed by atoms with E-state index in [0.29, 0.717) is 19.8 Å². The third-order valence-electron chi connectivity index (χ3n) is 3.66. The van der Waals surface area contributed by atoms with E-state index in [1.807, 2.05) is 25.1 Å². The fourth-order valence-electron chi connectivity index (χ4n) is 2.46. The van der Waals surface area contributed by atoms with E-state index in [9.17, 15) is 4.79 Å². The van der Waals surface area contributed by atoms with Crippen LogP contribution in [-0.2, 0) is 22.7 Å². The Balaban J connectivity index is 1.87. The lowest BCUT2D eigenvalue weighted by Crippen LogP contribution is -2.46. The second-order valence-electron chi connectivity index (χ2n) is 5.13. The van der Waals surface area contributed by atoms with E-state index in [1.165, 1.54) is 6.42 Å². The van der Waals surface area contributed by atoms with Gasteiger partial charge in [-0.05, 0) is 37.4 Å². The molecule has 1 fully saturated rings. The van der Waals surface area contributed by atoms with Crippen LogP contribution >= 0.6 is 0 Å². The molecular weight excluding hydrogens is 252 g/mol. The molecule has 2 rings (SSSR count). The minimum absolute atomic E-state index is 0.0252. The minimum atomic E-state index is -0.0252. The SMILES string of the molecule is CCOCc1ccccc1CNC(=O)[C@H]1CCCCN1. The summed E-state index contributed by atoms with van der Waals surface area (Å²) in [6, 6.07) is 8.07. The Labute approximate surface area is 120 Å². The molecule has 110 valence electrons. The molecule has 0 radical (unpaired) electrons. The van der Waals surface area contributed by atoms with Crippen LogP contribution < -0.4 is 10.6 Å². The first kappa shape index (κ1) is 15.0. The molecule has 0 spiro atoms. The number of benzene rings is 1. The fourth-order valence-corrected chi connectivity index (χ4v) is 2.46. The Morgan fingerprint density at radius 2 is 2.15 bits per heavy atom. The molecule has 2 N–H and O–H groups in total. The average molecular weight is 276 g/mol. The van der Waals surface area contributed by atoms with Gasteiger partial charge in [-0.1, -0.05) is 30.7 Å². The van der Waals surface area contributed by atoms with Crippen molar-refractivity contribution in [3.63, 3.8) is 0 Å². The number of carbonyl (C=O) groups excluding carboxylic acids is 1. The fraction of sp³-hybridized carbons (Fsp3) is 0.562. The van der Waals surface area contributed by atoms with Crippen LogP contribution in [-0.4, -0.2) is 25.1 Å². The largest absolute Gasteiger partial charge is 0.377 e. The van der Waals surface area contributed by atoms with Crippen LogP contribution in [0.5, 0.6) is 0 Å². The van der Waals surface area contributed by atoms with Gasteiger partial charge in [-0.15, -0.1) is 0 Å². The van der Waals surface area contributed by atoms with Gasteiger partial charge in [-0.2, -0.15) is 0 Å². The molecule has 1 saturated heterocycles. The zero-order chi connectivity index (χ0) is 14.2. The van der Waals surface area contributed by atoms with Crippen molar-refractivity contribution in [3.8, 4) is 0 Å². The number of rotatable bonds is 6. The lowest BCUT2D eigenvalue weighted by Gasteiger charge is -2.22. The van der Waals surface area contributed by atoms with E-state index in [4.69, 9.17) is 4.74 Å². The van der Waals surface area contributed by atoms with E-state index in [2.05, 4.69) is 16.7 Å². The molecule has 1 heterocycles. The van der Waals surface area contributed by atoms with E-state index < -0.39 is 0 Å². The molecule has 1 aliphatic heterocycles. The van der Waals surface area contributed by atoms with Crippen LogP contribution in [0.2, 0.25) is 0 Å². The summed E-state index contributed by atoms with van der Waals surface area (Å²) in [5.41, 5.74) is 2.27. The van der Waals surface area contributed by atoms with Crippen molar-refractivity contribution in [2.24, 2.45) is 0 Å². The summed E-state index contributed by atoms with van der Waals surface area (Å²) in [7, 11) is 0. The molecule has 0 bridgehead atoms. The second-order valence-corrected chi connectivity index (χ2v) is 5.13. The topological polar surface area (TPSA) is 50.4 Å². The Morgan fingerprint density at radius 3 is 2.85 bits per heavy atom. The highest BCUT2D eigenvalue weighted by Crippen LogP contribution is 2.11. The summed E-state index contributed by atoms with van der Waals surface area (Å²) in [5, 5.41) is 6.30. The lowest BCUT2D eigenvalue weighted by atomic mass is 10.0. The third-order valence-corrected chi connectivity index (χ3v) is 3.66. The molecule has 0 unspecified atom stereocenters. The van der Waals surface area contributed by atoms with Crippen molar-refractivity contribution < 1.29 is 9.53 Å². The summed E-state index contributed by atoms with van der Waals surface area (Å²) in [5.74, 6) is 0.107. The van der Waals surface area contributed by atoms with Crippen LogP contribution in [0.1, 0.15) is 37.3 Å². The molecule has 1 aliphatic rings. The van der Waals surface area contributed by atoms with Gasteiger partial charge in [0.15, 0.2) is 0 Å². The maximum absolute atomic E-state index is 12.1. The van der Waals surface area contributed by atoms with Crippen molar-refractivity contribution >= 4 is 5.91 Å². The summed E-state index contributed by atoms with van der Waals surface area (Å²) >= 11 is 0. The van der Waals surface area contributed by atoms with Crippen molar-refractivity contribution in [1.29, 1.82) is 0 Å². The molecule has 0 aromatic heterocycles. The van der Waals surface area contributed by atoms with Crippen molar-refractivity contribution in [2.45, 2.75) is 45.4 Å². The standard InChI is InChI=1S/C16H24N2O2/c1-2-20-12-14-8-4-3-7-13(14)11-18-16(19)15-9-5-6-10-17-15/h3-4,7-8,15,17H,2,5-6,9-12H2,1H3,(H,18,19)/t15-/m1/s1. The predicted octanol–water partition coefficient (Wildman–Crippen LogP) is 1.98. The first-order chi connectivity index (χ1) is 9.81. The Hall–Kier alpha value is -1.39. The Morgan fingerprint density at radius 1 is 1.35 bits per heavy atom. The first-order valence-electron chi connectivity index (χ1n) is 7.47. The highest BCUT2D eigenvalue weighted by Gasteiger charge is 2.20. The monoisotopic (exact) mass is 276 g/mol. The van der Waals surface area contributed by atoms with Gasteiger partial charge in [0.2, 0.25) is 5.91 Å². The maximum Gasteiger partial charge on any atom is 0.237 e. The Bertz CT molecular complexity index is 428. The third kappa shape index (κ3) is 4.32. The molecule has 0 aliphatic carbocycles. The Kier molecular flexibility index (Phi) is 6.02. The van der Waals surface area contributed by atoms with Gasteiger partial charge in [0.1, 0.15) is 0 Å². The molecule has 1 atom stereocenters. The van der Waals surface area contributed by atoms with Gasteiger partial charge in [-0.25, -0.2) is 0 Å². The van der Waals surface area contributed by atoms with Crippen LogP contribution in [0.3, 0.4) is 0 Å². The zero-order valence-corrected chi connectivity index (χ0v) is 12.2. The summed E-state index contributed by atoms with van der Waals surface area (Å²) in [6.07, 6.45) is 3.24. The van der Waals surface area contributed by atoms with Crippen LogP contribution in [0.4, 0.5) is 0 Å². The first-order valence-corrected chi connectivity index (χ1v) is 7.47. The normalized spacial score (nSPS) is 18.8. The molecule has 1 aromatic rings. The number of hydrogen-bond donors (Lipinski definition) is 2. The van der Waals surface area contributed by atoms with Gasteiger partial charge in [0.05, 0.1) is 12.6 Å². The molecule has 0 saturated carbocycles. The highest BCUT2D eigenvalue weighted by atomic mass is 16.5. The smallest absolute Gasteiger partial charge is 0.237 e. The summed E-state index contributed by atoms with van der Waals surface area (Å²) in [6.45, 7) is 4.80. The highest BCUT2D eigenvalue weighted by molar-refractivity contribution is 5.81. The second kappa shape index (κ2) is 8.02. The lowest BCUT2D eigenvalue weighted by molar-refractivity contribution is -0.123. The summed E-state index contributed by atoms with van der Waals surface area (Å²) < 4.78 is 5.46. The van der Waals surface area contributed by atoms with Gasteiger partial charge in [0.25, 0.3) is 0 Å². The van der Waals surface area contributed by atoms with Crippen molar-refractivity contribution in [3.05, 3.63) is 35.4 Å².